The third-order valence-electron chi connectivity index (χ3n) is 0.838. The molecule has 1 heterocycles. The second kappa shape index (κ2) is 2.40. The molecule has 0 saturated heterocycles. The molecule has 0 aromatic heterocycles. The van der Waals surface area contributed by atoms with Crippen LogP contribution in [0.15, 0.2) is 24.4 Å². The summed E-state index contributed by atoms with van der Waals surface area (Å²) in [5.74, 6) is 0.590. The Hall–Kier alpha value is -0.920. The van der Waals surface area contributed by atoms with Crippen LogP contribution in [-0.2, 0) is 9.47 Å². The van der Waals surface area contributed by atoms with E-state index < -0.39 is 0 Å². The number of rotatable bonds is 0. The normalized spacial score (nSPS) is 22.4. The van der Waals surface area contributed by atoms with Crippen LogP contribution in [0.3, 0.4) is 0 Å². The Kier molecular flexibility index (Phi) is 1.57. The van der Waals surface area contributed by atoms with Crippen LogP contribution in [0, 0.1) is 0 Å². The maximum absolute atomic E-state index is 4.98. The molecule has 1 aliphatic heterocycles. The van der Waals surface area contributed by atoms with E-state index in [2.05, 4.69) is 0 Å². The number of allylic oxidation sites excluding steroid dienone is 1. The molecule has 0 fully saturated rings. The monoisotopic (exact) mass is 112 g/mol. The number of hydrogen-bond acceptors (Lipinski definition) is 2. The van der Waals surface area contributed by atoms with Gasteiger partial charge in [-0.25, -0.2) is 0 Å². The molecule has 0 amide bonds. The largest absolute Gasteiger partial charge is 0.461 e. The molecule has 2 nitrogen and oxygen atoms in total. The van der Waals surface area contributed by atoms with E-state index in [1.165, 1.54) is 0 Å². The first-order chi connectivity index (χ1) is 3.93. The van der Waals surface area contributed by atoms with Gasteiger partial charge in [-0.05, 0) is 19.1 Å². The van der Waals surface area contributed by atoms with Crippen LogP contribution in [0.2, 0.25) is 0 Å². The average Bonchev–Trinajstić information content (AvgIpc) is 1.90. The van der Waals surface area contributed by atoms with Crippen molar-refractivity contribution in [2.45, 2.75) is 6.92 Å². The molecule has 0 aliphatic carbocycles. The van der Waals surface area contributed by atoms with Crippen molar-refractivity contribution in [2.75, 3.05) is 6.61 Å². The Morgan fingerprint density at radius 2 is 2.62 bits per heavy atom. The fraction of sp³-hybridized carbons (Fsp3) is 0.333. The van der Waals surface area contributed by atoms with Crippen molar-refractivity contribution >= 4 is 0 Å². The lowest BCUT2D eigenvalue weighted by atomic mass is 10.6. The van der Waals surface area contributed by atoms with Gasteiger partial charge in [0.05, 0.1) is 6.26 Å². The lowest BCUT2D eigenvalue weighted by Gasteiger charge is -2.09. The van der Waals surface area contributed by atoms with E-state index in [0.29, 0.717) is 12.6 Å². The van der Waals surface area contributed by atoms with Crippen LogP contribution in [0.1, 0.15) is 6.92 Å². The zero-order valence-electron chi connectivity index (χ0n) is 4.76. The van der Waals surface area contributed by atoms with Gasteiger partial charge in [0, 0.05) is 0 Å². The van der Waals surface area contributed by atoms with Crippen molar-refractivity contribution in [2.24, 2.45) is 0 Å². The third-order valence-corrected chi connectivity index (χ3v) is 0.838. The van der Waals surface area contributed by atoms with Crippen molar-refractivity contribution in [3.05, 3.63) is 24.4 Å². The molecule has 2 heteroatoms. The summed E-state index contributed by atoms with van der Waals surface area (Å²) in [6, 6.07) is 0. The Morgan fingerprint density at radius 3 is 3.00 bits per heavy atom. The number of hydrogen-bond donors (Lipinski definition) is 0. The average molecular weight is 112 g/mol. The second-order valence-corrected chi connectivity index (χ2v) is 1.41. The summed E-state index contributed by atoms with van der Waals surface area (Å²) in [7, 11) is 0. The standard InChI is InChI=1S/C6H8O2/c1-2-6-7-4-3-5-8-6/h2-4H,5H2,1H3. The zero-order valence-corrected chi connectivity index (χ0v) is 4.76. The van der Waals surface area contributed by atoms with Gasteiger partial charge in [0.1, 0.15) is 6.61 Å². The summed E-state index contributed by atoms with van der Waals surface area (Å²) >= 11 is 0. The molecule has 0 N–H and O–H groups in total. The molecule has 0 unspecified atom stereocenters. The molecule has 44 valence electrons. The van der Waals surface area contributed by atoms with Gasteiger partial charge in [-0.2, -0.15) is 0 Å². The minimum Gasteiger partial charge on any atom is -0.461 e. The van der Waals surface area contributed by atoms with Gasteiger partial charge in [0.15, 0.2) is 0 Å². The van der Waals surface area contributed by atoms with Gasteiger partial charge in [0.25, 0.3) is 5.95 Å². The summed E-state index contributed by atoms with van der Waals surface area (Å²) in [6.45, 7) is 2.49. The first-order valence-corrected chi connectivity index (χ1v) is 2.54. The fourth-order valence-electron chi connectivity index (χ4n) is 0.470. The van der Waals surface area contributed by atoms with Crippen molar-refractivity contribution in [3.8, 4) is 0 Å². The van der Waals surface area contributed by atoms with E-state index in [-0.39, 0.29) is 0 Å². The minimum absolute atomic E-state index is 0.590. The van der Waals surface area contributed by atoms with Crippen LogP contribution >= 0.6 is 0 Å². The molecule has 0 radical (unpaired) electrons. The summed E-state index contributed by atoms with van der Waals surface area (Å²) in [5, 5.41) is 0. The second-order valence-electron chi connectivity index (χ2n) is 1.41. The van der Waals surface area contributed by atoms with Crippen LogP contribution in [0.25, 0.3) is 0 Å². The van der Waals surface area contributed by atoms with E-state index in [4.69, 9.17) is 9.47 Å². The topological polar surface area (TPSA) is 18.5 Å². The zero-order chi connectivity index (χ0) is 5.82. The van der Waals surface area contributed by atoms with E-state index >= 15 is 0 Å². The smallest absolute Gasteiger partial charge is 0.279 e. The highest BCUT2D eigenvalue weighted by molar-refractivity contribution is 4.90. The van der Waals surface area contributed by atoms with Crippen molar-refractivity contribution in [1.82, 2.24) is 0 Å². The predicted octanol–water partition coefficient (Wildman–Crippen LogP) is 1.41. The molecule has 0 aromatic carbocycles. The lowest BCUT2D eigenvalue weighted by Crippen LogP contribution is -1.98. The van der Waals surface area contributed by atoms with Gasteiger partial charge >= 0.3 is 0 Å². The molecule has 0 atom stereocenters. The van der Waals surface area contributed by atoms with Crippen LogP contribution < -0.4 is 0 Å². The molecular weight excluding hydrogens is 104 g/mol. The summed E-state index contributed by atoms with van der Waals surface area (Å²) in [5.41, 5.74) is 0. The number of ether oxygens (including phenoxy) is 2. The van der Waals surface area contributed by atoms with Gasteiger partial charge < -0.3 is 9.47 Å². The molecule has 0 bridgehead atoms. The first kappa shape index (κ1) is 5.22. The molecule has 0 spiro atoms. The third kappa shape index (κ3) is 1.03. The van der Waals surface area contributed by atoms with Crippen LogP contribution in [0.5, 0.6) is 0 Å². The highest BCUT2D eigenvalue weighted by Crippen LogP contribution is 2.04. The van der Waals surface area contributed by atoms with Gasteiger partial charge in [-0.3, -0.25) is 0 Å². The Labute approximate surface area is 48.4 Å². The van der Waals surface area contributed by atoms with Gasteiger partial charge in [0.2, 0.25) is 0 Å². The Bertz CT molecular complexity index is 124. The Balaban J connectivity index is 2.50. The van der Waals surface area contributed by atoms with Crippen LogP contribution in [0.4, 0.5) is 0 Å². The maximum Gasteiger partial charge on any atom is 0.279 e. The minimum atomic E-state index is 0.590. The molecule has 8 heavy (non-hydrogen) atoms. The van der Waals surface area contributed by atoms with E-state index in [1.54, 1.807) is 12.3 Å². The van der Waals surface area contributed by atoms with Gasteiger partial charge in [-0.1, -0.05) is 0 Å². The summed E-state index contributed by atoms with van der Waals surface area (Å²) < 4.78 is 9.86. The molecule has 1 aliphatic rings. The quantitative estimate of drug-likeness (QED) is 0.471. The molecule has 1 rings (SSSR count). The molecule has 0 aromatic rings. The lowest BCUT2D eigenvalue weighted by molar-refractivity contribution is 0.0790. The SMILES string of the molecule is CC=C1OC=CCO1. The highest BCUT2D eigenvalue weighted by atomic mass is 16.7. The van der Waals surface area contributed by atoms with Crippen molar-refractivity contribution in [3.63, 3.8) is 0 Å². The molecular formula is C6H8O2. The Morgan fingerprint density at radius 1 is 1.75 bits per heavy atom. The maximum atomic E-state index is 4.98. The van der Waals surface area contributed by atoms with Crippen molar-refractivity contribution in [1.29, 1.82) is 0 Å². The van der Waals surface area contributed by atoms with Gasteiger partial charge in [-0.15, -0.1) is 0 Å². The van der Waals surface area contributed by atoms with E-state index in [1.807, 2.05) is 13.0 Å². The van der Waals surface area contributed by atoms with E-state index in [0.717, 1.165) is 0 Å². The van der Waals surface area contributed by atoms with Crippen molar-refractivity contribution < 1.29 is 9.47 Å². The van der Waals surface area contributed by atoms with E-state index in [9.17, 15) is 0 Å². The highest BCUT2D eigenvalue weighted by Gasteiger charge is 1.96. The fourth-order valence-corrected chi connectivity index (χ4v) is 0.470. The first-order valence-electron chi connectivity index (χ1n) is 2.54. The predicted molar refractivity (Wildman–Crippen MR) is 29.9 cm³/mol. The van der Waals surface area contributed by atoms with Crippen LogP contribution in [-0.4, -0.2) is 6.61 Å². The summed E-state index contributed by atoms with van der Waals surface area (Å²) in [4.78, 5) is 0. The molecule has 0 saturated carbocycles. The summed E-state index contributed by atoms with van der Waals surface area (Å²) in [6.07, 6.45) is 5.22.